The molecule has 1 aliphatic heterocycles. The summed E-state index contributed by atoms with van der Waals surface area (Å²) >= 11 is 3.43. The van der Waals surface area contributed by atoms with Gasteiger partial charge >= 0.3 is 6.03 Å². The van der Waals surface area contributed by atoms with E-state index in [2.05, 4.69) is 26.6 Å². The monoisotopic (exact) mass is 569 g/mol. The van der Waals surface area contributed by atoms with E-state index in [0.717, 1.165) is 37.7 Å². The first kappa shape index (κ1) is 26.4. The third-order valence-corrected chi connectivity index (χ3v) is 6.91. The van der Waals surface area contributed by atoms with E-state index in [1.54, 1.807) is 24.3 Å². The molecule has 0 aromatic heterocycles. The summed E-state index contributed by atoms with van der Waals surface area (Å²) in [6.07, 6.45) is 5.80. The Morgan fingerprint density at radius 1 is 1.14 bits per heavy atom. The number of amides is 5. The lowest BCUT2D eigenvalue weighted by Crippen LogP contribution is -2.58. The van der Waals surface area contributed by atoms with Crippen LogP contribution in [0.2, 0.25) is 0 Å². The maximum atomic E-state index is 13.2. The molecule has 5 amide bonds. The molecule has 0 unspecified atom stereocenters. The van der Waals surface area contributed by atoms with Gasteiger partial charge in [0, 0.05) is 11.7 Å². The minimum atomic E-state index is -0.745. The Labute approximate surface area is 223 Å². The number of barbiturate groups is 1. The van der Waals surface area contributed by atoms with Crippen molar-refractivity contribution in [2.75, 3.05) is 19.0 Å². The van der Waals surface area contributed by atoms with Crippen molar-refractivity contribution in [2.24, 2.45) is 0 Å². The topological polar surface area (TPSA) is 114 Å². The Morgan fingerprint density at radius 3 is 2.51 bits per heavy atom. The number of urea groups is 1. The number of nitrogens with one attached hydrogen (secondary N) is 2. The highest BCUT2D eigenvalue weighted by atomic mass is 79.9. The molecule has 9 nitrogen and oxygen atoms in total. The number of hydrogen-bond donors (Lipinski definition) is 2. The van der Waals surface area contributed by atoms with Gasteiger partial charge in [0.25, 0.3) is 17.7 Å². The van der Waals surface area contributed by atoms with Gasteiger partial charge in [0.05, 0.1) is 11.6 Å². The van der Waals surface area contributed by atoms with Crippen LogP contribution in [0.15, 0.2) is 46.4 Å². The number of ether oxygens (including phenoxy) is 2. The van der Waals surface area contributed by atoms with Crippen LogP contribution in [-0.4, -0.2) is 48.4 Å². The van der Waals surface area contributed by atoms with E-state index in [4.69, 9.17) is 9.47 Å². The van der Waals surface area contributed by atoms with Crippen LogP contribution < -0.4 is 20.1 Å². The van der Waals surface area contributed by atoms with Gasteiger partial charge in [-0.3, -0.25) is 24.6 Å². The number of carbonyl (C=O) groups is 4. The number of nitrogens with zero attached hydrogens (tertiary/aromatic N) is 1. The molecule has 2 aliphatic rings. The molecule has 0 atom stereocenters. The Morgan fingerprint density at radius 2 is 1.84 bits per heavy atom. The molecular formula is C27H28BrN3O6. The van der Waals surface area contributed by atoms with Crippen LogP contribution >= 0.6 is 15.9 Å². The average Bonchev–Trinajstić information content (AvgIpc) is 2.87. The largest absolute Gasteiger partial charge is 0.493 e. The van der Waals surface area contributed by atoms with Gasteiger partial charge in [-0.25, -0.2) is 4.79 Å². The van der Waals surface area contributed by atoms with E-state index in [1.807, 2.05) is 19.1 Å². The van der Waals surface area contributed by atoms with Crippen molar-refractivity contribution in [3.05, 3.63) is 57.6 Å². The zero-order valence-corrected chi connectivity index (χ0v) is 22.2. The van der Waals surface area contributed by atoms with E-state index >= 15 is 0 Å². The van der Waals surface area contributed by atoms with Crippen LogP contribution in [0.4, 0.5) is 10.5 Å². The second kappa shape index (κ2) is 11.6. The van der Waals surface area contributed by atoms with Gasteiger partial charge < -0.3 is 14.8 Å². The molecule has 0 spiro atoms. The number of hydrogen-bond acceptors (Lipinski definition) is 6. The highest BCUT2D eigenvalue weighted by molar-refractivity contribution is 9.10. The minimum Gasteiger partial charge on any atom is -0.493 e. The van der Waals surface area contributed by atoms with Crippen molar-refractivity contribution in [3.63, 3.8) is 0 Å². The molecule has 2 aromatic carbocycles. The molecule has 2 fully saturated rings. The number of benzene rings is 2. The van der Waals surface area contributed by atoms with Gasteiger partial charge in [-0.1, -0.05) is 37.0 Å². The first-order valence-corrected chi connectivity index (χ1v) is 12.8. The number of carbonyl (C=O) groups excluding carboxylic acids is 4. The fourth-order valence-corrected chi connectivity index (χ4v) is 5.02. The minimum absolute atomic E-state index is 0.134. The van der Waals surface area contributed by atoms with Crippen molar-refractivity contribution in [3.8, 4) is 11.5 Å². The van der Waals surface area contributed by atoms with E-state index in [9.17, 15) is 19.2 Å². The second-order valence-corrected chi connectivity index (χ2v) is 9.88. The number of imide groups is 2. The van der Waals surface area contributed by atoms with E-state index in [0.29, 0.717) is 27.2 Å². The second-order valence-electron chi connectivity index (χ2n) is 9.02. The molecule has 0 radical (unpaired) electrons. The van der Waals surface area contributed by atoms with Crippen LogP contribution in [0.1, 0.15) is 43.2 Å². The average molecular weight is 570 g/mol. The maximum Gasteiger partial charge on any atom is 0.331 e. The summed E-state index contributed by atoms with van der Waals surface area (Å²) < 4.78 is 11.6. The van der Waals surface area contributed by atoms with E-state index in [-0.39, 0.29) is 24.1 Å². The highest BCUT2D eigenvalue weighted by Gasteiger charge is 2.40. The third kappa shape index (κ3) is 6.19. The summed E-state index contributed by atoms with van der Waals surface area (Å²) in [6.45, 7) is 1.70. The number of methoxy groups -OCH3 is 1. The van der Waals surface area contributed by atoms with Crippen molar-refractivity contribution >= 4 is 51.4 Å². The lowest BCUT2D eigenvalue weighted by atomic mass is 9.93. The molecule has 4 rings (SSSR count). The van der Waals surface area contributed by atoms with Crippen molar-refractivity contribution < 1.29 is 28.7 Å². The summed E-state index contributed by atoms with van der Waals surface area (Å²) in [5.41, 5.74) is 2.09. The molecule has 1 saturated heterocycles. The smallest absolute Gasteiger partial charge is 0.331 e. The molecule has 1 heterocycles. The predicted octanol–water partition coefficient (Wildman–Crippen LogP) is 4.58. The van der Waals surface area contributed by atoms with Crippen LogP contribution in [0, 0.1) is 6.92 Å². The van der Waals surface area contributed by atoms with E-state index in [1.165, 1.54) is 18.1 Å². The van der Waals surface area contributed by atoms with Crippen molar-refractivity contribution in [1.82, 2.24) is 10.2 Å². The quantitative estimate of drug-likeness (QED) is 0.372. The number of halogens is 1. The lowest BCUT2D eigenvalue weighted by molar-refractivity contribution is -0.132. The van der Waals surface area contributed by atoms with Crippen LogP contribution in [0.25, 0.3) is 6.08 Å². The third-order valence-electron chi connectivity index (χ3n) is 6.32. The highest BCUT2D eigenvalue weighted by Crippen LogP contribution is 2.37. The molecular weight excluding hydrogens is 542 g/mol. The van der Waals surface area contributed by atoms with Crippen molar-refractivity contribution in [2.45, 2.75) is 45.1 Å². The number of aryl methyl sites for hydroxylation is 1. The molecule has 2 N–H and O–H groups in total. The molecule has 2 aromatic rings. The number of rotatable bonds is 7. The van der Waals surface area contributed by atoms with Gasteiger partial charge in [-0.05, 0) is 71.6 Å². The Balaban J connectivity index is 1.51. The SMILES string of the molecule is COc1cc(C=C2C(=O)NC(=O)N(C3CCCCC3)C2=O)cc(Br)c1OCC(=O)Nc1ccc(C)cc1. The fraction of sp³-hybridized carbons (Fsp3) is 0.333. The fourth-order valence-electron chi connectivity index (χ4n) is 4.44. The predicted molar refractivity (Wildman–Crippen MR) is 141 cm³/mol. The van der Waals surface area contributed by atoms with Gasteiger partial charge in [-0.2, -0.15) is 0 Å². The van der Waals surface area contributed by atoms with E-state index < -0.39 is 17.8 Å². The van der Waals surface area contributed by atoms with Crippen LogP contribution in [0.3, 0.4) is 0 Å². The zero-order chi connectivity index (χ0) is 26.5. The summed E-state index contributed by atoms with van der Waals surface area (Å²) in [7, 11) is 1.44. The molecule has 1 aliphatic carbocycles. The number of anilines is 1. The Kier molecular flexibility index (Phi) is 8.27. The Hall–Kier alpha value is -3.66. The van der Waals surface area contributed by atoms with Crippen LogP contribution in [-0.2, 0) is 14.4 Å². The summed E-state index contributed by atoms with van der Waals surface area (Å²) in [5, 5.41) is 5.05. The van der Waals surface area contributed by atoms with Crippen molar-refractivity contribution in [1.29, 1.82) is 0 Å². The molecule has 194 valence electrons. The lowest BCUT2D eigenvalue weighted by Gasteiger charge is -2.35. The van der Waals surface area contributed by atoms with Gasteiger partial charge in [0.15, 0.2) is 18.1 Å². The zero-order valence-electron chi connectivity index (χ0n) is 20.6. The first-order valence-electron chi connectivity index (χ1n) is 12.0. The standard InChI is InChI=1S/C27H28BrN3O6/c1-16-8-10-18(11-9-16)29-23(32)15-37-24-21(28)13-17(14-22(24)36-2)12-20-25(33)30-27(35)31(26(20)34)19-6-4-3-5-7-19/h8-14,19H,3-7,15H2,1-2H3,(H,29,32)(H,30,33,35). The van der Waals surface area contributed by atoms with Gasteiger partial charge in [0.1, 0.15) is 5.57 Å². The van der Waals surface area contributed by atoms with Gasteiger partial charge in [0.2, 0.25) is 0 Å². The molecule has 0 bridgehead atoms. The summed E-state index contributed by atoms with van der Waals surface area (Å²) in [4.78, 5) is 51.7. The maximum absolute atomic E-state index is 13.2. The summed E-state index contributed by atoms with van der Waals surface area (Å²) in [6, 6.07) is 9.73. The summed E-state index contributed by atoms with van der Waals surface area (Å²) in [5.74, 6) is -1.11. The van der Waals surface area contributed by atoms with Gasteiger partial charge in [-0.15, -0.1) is 0 Å². The van der Waals surface area contributed by atoms with Crippen LogP contribution in [0.5, 0.6) is 11.5 Å². The molecule has 37 heavy (non-hydrogen) atoms. The molecule has 1 saturated carbocycles. The normalized spacial score (nSPS) is 17.5. The first-order chi connectivity index (χ1) is 17.8. The Bertz CT molecular complexity index is 1250. The molecule has 10 heteroatoms.